The molecule has 1 aliphatic rings. The average Bonchev–Trinajstić information content (AvgIpc) is 3.06. The summed E-state index contributed by atoms with van der Waals surface area (Å²) in [4.78, 5) is 45.6. The maximum Gasteiger partial charge on any atom is 0.261 e. The zero-order chi connectivity index (χ0) is 31.7. The first-order valence-corrected chi connectivity index (χ1v) is 17.3. The van der Waals surface area contributed by atoms with Crippen LogP contribution in [0.2, 0.25) is 0 Å². The molecule has 0 aliphatic carbocycles. The molecule has 0 fully saturated rings. The third-order valence-electron chi connectivity index (χ3n) is 10.1. The van der Waals surface area contributed by atoms with E-state index >= 15 is 0 Å². The monoisotopic (exact) mass is 602 g/mol. The quantitative estimate of drug-likeness (QED) is 0.0550. The second kappa shape index (κ2) is 13.2. The summed E-state index contributed by atoms with van der Waals surface area (Å²) in [6, 6.07) is 18.1. The largest absolute Gasteiger partial charge is 0.339 e. The fraction of sp³-hybridized carbons (Fsp3) is 0.425. The molecule has 0 bridgehead atoms. The summed E-state index contributed by atoms with van der Waals surface area (Å²) >= 11 is 0. The van der Waals surface area contributed by atoms with Crippen LogP contribution in [0.25, 0.3) is 43.1 Å². The lowest BCUT2D eigenvalue weighted by Gasteiger charge is -2.35. The molecule has 0 spiro atoms. The molecule has 45 heavy (non-hydrogen) atoms. The van der Waals surface area contributed by atoms with Crippen LogP contribution in [0.5, 0.6) is 0 Å². The highest BCUT2D eigenvalue weighted by molar-refractivity contribution is 6.39. The van der Waals surface area contributed by atoms with Crippen molar-refractivity contribution < 1.29 is 14.4 Å². The minimum absolute atomic E-state index is 0.0370. The highest BCUT2D eigenvalue weighted by Gasteiger charge is 2.38. The smallest absolute Gasteiger partial charge is 0.261 e. The molecule has 5 nitrogen and oxygen atoms in total. The van der Waals surface area contributed by atoms with Gasteiger partial charge >= 0.3 is 0 Å². The molecule has 6 rings (SSSR count). The van der Waals surface area contributed by atoms with Gasteiger partial charge in [0.2, 0.25) is 0 Å². The van der Waals surface area contributed by atoms with Crippen LogP contribution in [0, 0.1) is 0 Å². The number of unbranched alkanes of at least 4 members (excludes halogenated alkanes) is 6. The molecule has 5 aromatic rings. The maximum absolute atomic E-state index is 14.3. The normalized spacial score (nSPS) is 13.4. The fourth-order valence-corrected chi connectivity index (χ4v) is 7.72. The second-order valence-electron chi connectivity index (χ2n) is 12.8. The van der Waals surface area contributed by atoms with Gasteiger partial charge in [-0.1, -0.05) is 102 Å². The van der Waals surface area contributed by atoms with E-state index in [0.29, 0.717) is 29.8 Å². The molecule has 3 amide bonds. The van der Waals surface area contributed by atoms with Crippen molar-refractivity contribution in [3.05, 3.63) is 71.3 Å². The number of hydrogen-bond donors (Lipinski definition) is 0. The highest BCUT2D eigenvalue weighted by Crippen LogP contribution is 2.45. The molecule has 0 atom stereocenters. The maximum atomic E-state index is 14.3. The summed E-state index contributed by atoms with van der Waals surface area (Å²) in [6.45, 7) is 9.74. The Morgan fingerprint density at radius 2 is 1.11 bits per heavy atom. The minimum Gasteiger partial charge on any atom is -0.339 e. The van der Waals surface area contributed by atoms with Crippen molar-refractivity contribution >= 4 is 60.8 Å². The fourth-order valence-electron chi connectivity index (χ4n) is 7.72. The van der Waals surface area contributed by atoms with Crippen LogP contribution in [0.1, 0.15) is 123 Å². The molecule has 0 saturated carbocycles. The van der Waals surface area contributed by atoms with E-state index in [-0.39, 0.29) is 23.8 Å². The number of benzene rings is 5. The van der Waals surface area contributed by atoms with Gasteiger partial charge in [0.15, 0.2) is 0 Å². The Morgan fingerprint density at radius 1 is 0.600 bits per heavy atom. The molecule has 5 heteroatoms. The number of fused-ring (bicyclic) bond motifs is 2. The van der Waals surface area contributed by atoms with E-state index in [1.165, 1.54) is 12.8 Å². The van der Waals surface area contributed by atoms with E-state index in [1.807, 2.05) is 49.1 Å². The van der Waals surface area contributed by atoms with Crippen molar-refractivity contribution in [1.29, 1.82) is 0 Å². The number of amides is 3. The Morgan fingerprint density at radius 3 is 1.67 bits per heavy atom. The SMILES string of the molecule is CCCCCCC(CCCCCC)N1C(=O)c2ccc3c4cccc5c(C(=O)N(CC)CC)ccc(c6ccc(c2c36)C1=O)c54. The molecular weight excluding hydrogens is 556 g/mol. The Kier molecular flexibility index (Phi) is 9.07. The van der Waals surface area contributed by atoms with Crippen molar-refractivity contribution in [3.8, 4) is 0 Å². The predicted molar refractivity (Wildman–Crippen MR) is 187 cm³/mol. The summed E-state index contributed by atoms with van der Waals surface area (Å²) < 4.78 is 0. The molecule has 0 N–H and O–H groups in total. The molecule has 0 aromatic heterocycles. The van der Waals surface area contributed by atoms with Crippen LogP contribution in [0.3, 0.4) is 0 Å². The summed E-state index contributed by atoms with van der Waals surface area (Å²) in [5.74, 6) is -0.275. The Hall–Kier alpha value is -3.99. The lowest BCUT2D eigenvalue weighted by Crippen LogP contribution is -2.47. The zero-order valence-electron chi connectivity index (χ0n) is 27.4. The van der Waals surface area contributed by atoms with Crippen LogP contribution in [-0.2, 0) is 0 Å². The van der Waals surface area contributed by atoms with Crippen LogP contribution in [0.15, 0.2) is 54.6 Å². The Bertz CT molecular complexity index is 1800. The van der Waals surface area contributed by atoms with Gasteiger partial charge in [-0.15, -0.1) is 0 Å². The lowest BCUT2D eigenvalue weighted by atomic mass is 9.83. The highest BCUT2D eigenvalue weighted by atomic mass is 16.2. The van der Waals surface area contributed by atoms with Crippen molar-refractivity contribution in [3.63, 3.8) is 0 Å². The molecule has 1 aliphatic heterocycles. The van der Waals surface area contributed by atoms with Gasteiger partial charge in [0, 0.05) is 41.2 Å². The molecule has 0 unspecified atom stereocenters. The van der Waals surface area contributed by atoms with Gasteiger partial charge in [0.25, 0.3) is 17.7 Å². The van der Waals surface area contributed by atoms with Gasteiger partial charge < -0.3 is 4.90 Å². The molecule has 0 radical (unpaired) electrons. The predicted octanol–water partition coefficient (Wildman–Crippen LogP) is 10.1. The topological polar surface area (TPSA) is 57.7 Å². The molecule has 1 heterocycles. The molecule has 234 valence electrons. The number of hydrogen-bond acceptors (Lipinski definition) is 3. The number of imide groups is 1. The Balaban J connectivity index is 1.49. The number of nitrogens with zero attached hydrogens (tertiary/aromatic N) is 2. The average molecular weight is 603 g/mol. The first-order valence-electron chi connectivity index (χ1n) is 17.3. The van der Waals surface area contributed by atoms with E-state index in [4.69, 9.17) is 0 Å². The number of carbonyl (C=O) groups is 3. The summed E-state index contributed by atoms with van der Waals surface area (Å²) in [7, 11) is 0. The van der Waals surface area contributed by atoms with Crippen LogP contribution >= 0.6 is 0 Å². The molecular formula is C40H46N2O3. The van der Waals surface area contributed by atoms with Crippen molar-refractivity contribution in [2.75, 3.05) is 13.1 Å². The summed E-state index contributed by atoms with van der Waals surface area (Å²) in [6.07, 6.45) is 10.7. The zero-order valence-corrected chi connectivity index (χ0v) is 27.4. The van der Waals surface area contributed by atoms with Gasteiger partial charge in [-0.3, -0.25) is 19.3 Å². The number of rotatable bonds is 14. The lowest BCUT2D eigenvalue weighted by molar-refractivity contribution is 0.0516. The Labute approximate surface area is 266 Å². The standard InChI is InChI=1S/C40H46N2O3/c1-5-9-11-13-16-26(17-14-12-10-6-2)42-39(44)33-24-21-30-27-18-15-19-28-32(38(43)41(7-3)8-4)23-20-29(35(27)28)31-22-25-34(40(42)45)37(33)36(30)31/h15,18-26H,5-14,16-17H2,1-4H3. The van der Waals surface area contributed by atoms with E-state index < -0.39 is 0 Å². The van der Waals surface area contributed by atoms with Gasteiger partial charge in [-0.05, 0) is 82.6 Å². The van der Waals surface area contributed by atoms with E-state index in [0.717, 1.165) is 94.5 Å². The van der Waals surface area contributed by atoms with E-state index in [2.05, 4.69) is 38.1 Å². The number of carbonyl (C=O) groups excluding carboxylic acids is 3. The van der Waals surface area contributed by atoms with Gasteiger partial charge in [0.05, 0.1) is 0 Å². The first-order chi connectivity index (χ1) is 22.0. The van der Waals surface area contributed by atoms with Crippen LogP contribution < -0.4 is 0 Å². The molecule has 0 saturated heterocycles. The summed E-state index contributed by atoms with van der Waals surface area (Å²) in [5.41, 5.74) is 1.96. The van der Waals surface area contributed by atoms with Crippen molar-refractivity contribution in [2.24, 2.45) is 0 Å². The summed E-state index contributed by atoms with van der Waals surface area (Å²) in [5, 5.41) is 7.85. The molecule has 5 aromatic carbocycles. The third-order valence-corrected chi connectivity index (χ3v) is 10.1. The van der Waals surface area contributed by atoms with Gasteiger partial charge in [0.1, 0.15) is 0 Å². The van der Waals surface area contributed by atoms with Crippen LogP contribution in [0.4, 0.5) is 0 Å². The third kappa shape index (κ3) is 5.24. The van der Waals surface area contributed by atoms with E-state index in [1.54, 1.807) is 4.90 Å². The second-order valence-corrected chi connectivity index (χ2v) is 12.8. The van der Waals surface area contributed by atoms with Gasteiger partial charge in [-0.25, -0.2) is 0 Å². The first kappa shape index (κ1) is 31.0. The van der Waals surface area contributed by atoms with Crippen LogP contribution in [-0.4, -0.2) is 46.7 Å². The van der Waals surface area contributed by atoms with E-state index in [9.17, 15) is 14.4 Å². The minimum atomic E-state index is -0.156. The van der Waals surface area contributed by atoms with Crippen molar-refractivity contribution in [1.82, 2.24) is 9.80 Å². The van der Waals surface area contributed by atoms with Crippen molar-refractivity contribution in [2.45, 2.75) is 97.9 Å². The van der Waals surface area contributed by atoms with Gasteiger partial charge in [-0.2, -0.15) is 0 Å².